The highest BCUT2D eigenvalue weighted by Crippen LogP contribution is 2.48. The van der Waals surface area contributed by atoms with Crippen molar-refractivity contribution in [3.63, 3.8) is 0 Å². The first kappa shape index (κ1) is 27.9. The fraction of sp³-hybridized carbons (Fsp3) is 0.321. The molecule has 2 unspecified atom stereocenters. The van der Waals surface area contributed by atoms with Gasteiger partial charge in [0.2, 0.25) is 0 Å². The molecule has 2 atom stereocenters. The van der Waals surface area contributed by atoms with Gasteiger partial charge in [0.25, 0.3) is 0 Å². The number of hydrogen-bond acceptors (Lipinski definition) is 7. The van der Waals surface area contributed by atoms with Gasteiger partial charge in [-0.3, -0.25) is 14.5 Å². The number of alkyl halides is 3. The second-order valence-electron chi connectivity index (χ2n) is 8.96. The van der Waals surface area contributed by atoms with Crippen LogP contribution in [0.1, 0.15) is 43.7 Å². The number of allylic oxidation sites excluding steroid dienone is 2. The van der Waals surface area contributed by atoms with Crippen LogP contribution in [0, 0.1) is 11.7 Å². The van der Waals surface area contributed by atoms with Gasteiger partial charge in [-0.15, -0.1) is 0 Å². The zero-order valence-corrected chi connectivity index (χ0v) is 21.2. The fourth-order valence-electron chi connectivity index (χ4n) is 4.98. The van der Waals surface area contributed by atoms with Gasteiger partial charge >= 0.3 is 18.1 Å². The van der Waals surface area contributed by atoms with E-state index in [-0.39, 0.29) is 54.4 Å². The number of carbonyl (C=O) groups excluding carboxylic acids is 3. The summed E-state index contributed by atoms with van der Waals surface area (Å²) in [7, 11) is 0. The van der Waals surface area contributed by atoms with Gasteiger partial charge in [0, 0.05) is 17.0 Å². The highest BCUT2D eigenvalue weighted by atomic mass is 19.4. The molecule has 0 spiro atoms. The van der Waals surface area contributed by atoms with Gasteiger partial charge in [0.15, 0.2) is 5.78 Å². The molecule has 0 saturated heterocycles. The number of anilines is 1. The summed E-state index contributed by atoms with van der Waals surface area (Å²) in [5.41, 5.74) is 5.85. The summed E-state index contributed by atoms with van der Waals surface area (Å²) in [4.78, 5) is 41.1. The molecule has 0 aromatic heterocycles. The van der Waals surface area contributed by atoms with E-state index in [4.69, 9.17) is 15.2 Å². The monoisotopic (exact) mass is 546 g/mol. The third-order valence-corrected chi connectivity index (χ3v) is 6.63. The van der Waals surface area contributed by atoms with E-state index in [1.54, 1.807) is 13.8 Å². The highest BCUT2D eigenvalue weighted by molar-refractivity contribution is 6.13. The van der Waals surface area contributed by atoms with Gasteiger partial charge in [-0.1, -0.05) is 18.2 Å². The third-order valence-electron chi connectivity index (χ3n) is 6.63. The lowest BCUT2D eigenvalue weighted by Gasteiger charge is -2.41. The van der Waals surface area contributed by atoms with Gasteiger partial charge in [-0.25, -0.2) is 9.18 Å². The van der Waals surface area contributed by atoms with Crippen LogP contribution in [0.25, 0.3) is 0 Å². The Bertz CT molecular complexity index is 1360. The van der Waals surface area contributed by atoms with Crippen molar-refractivity contribution in [1.29, 1.82) is 0 Å². The van der Waals surface area contributed by atoms with E-state index in [2.05, 4.69) is 0 Å². The van der Waals surface area contributed by atoms with E-state index in [0.717, 1.165) is 24.3 Å². The molecule has 1 aliphatic heterocycles. The minimum atomic E-state index is -4.67. The number of hydrogen-bond donors (Lipinski definition) is 1. The first-order valence-electron chi connectivity index (χ1n) is 12.3. The maximum absolute atomic E-state index is 13.9. The Morgan fingerprint density at radius 1 is 1.05 bits per heavy atom. The molecule has 2 aromatic rings. The highest BCUT2D eigenvalue weighted by Gasteiger charge is 2.47. The molecule has 2 aromatic carbocycles. The molecule has 39 heavy (non-hydrogen) atoms. The summed E-state index contributed by atoms with van der Waals surface area (Å²) in [5.74, 6) is -5.47. The summed E-state index contributed by atoms with van der Waals surface area (Å²) in [6.45, 7) is 3.13. The predicted octanol–water partition coefficient (Wildman–Crippen LogP) is 4.98. The maximum atomic E-state index is 13.9. The largest absolute Gasteiger partial charge is 0.465 e. The molecule has 0 amide bonds. The molecular weight excluding hydrogens is 520 g/mol. The van der Waals surface area contributed by atoms with Crippen LogP contribution in [0.3, 0.4) is 0 Å². The molecule has 11 heteroatoms. The molecule has 2 aliphatic rings. The predicted molar refractivity (Wildman–Crippen MR) is 132 cm³/mol. The van der Waals surface area contributed by atoms with Crippen LogP contribution in [-0.2, 0) is 30.0 Å². The average molecular weight is 547 g/mol. The smallest absolute Gasteiger partial charge is 0.416 e. The SMILES string of the molecule is CCOC(=O)C1=C(N)N(c2cccc(C(F)(F)F)c2)C2=C(C(=O)C(C(=O)OCC)CC2)C1c1ccc(F)cc1. The van der Waals surface area contributed by atoms with E-state index in [1.165, 1.54) is 29.2 Å². The van der Waals surface area contributed by atoms with Crippen molar-refractivity contribution in [1.82, 2.24) is 0 Å². The minimum absolute atomic E-state index is 0.0134. The molecule has 0 bridgehead atoms. The second-order valence-corrected chi connectivity index (χ2v) is 8.96. The Labute approximate surface area is 221 Å². The van der Waals surface area contributed by atoms with E-state index in [0.29, 0.717) is 5.56 Å². The summed E-state index contributed by atoms with van der Waals surface area (Å²) < 4.78 is 64.9. The van der Waals surface area contributed by atoms with Crippen LogP contribution in [0.4, 0.5) is 23.2 Å². The van der Waals surface area contributed by atoms with Gasteiger partial charge in [-0.2, -0.15) is 13.2 Å². The van der Waals surface area contributed by atoms with Crippen LogP contribution in [0.5, 0.6) is 0 Å². The lowest BCUT2D eigenvalue weighted by Crippen LogP contribution is -2.44. The number of halogens is 4. The van der Waals surface area contributed by atoms with Crippen LogP contribution in [-0.4, -0.2) is 30.9 Å². The number of nitrogens with zero attached hydrogens (tertiary/aromatic N) is 1. The fourth-order valence-corrected chi connectivity index (χ4v) is 4.98. The number of nitrogens with two attached hydrogens (primary N) is 1. The van der Waals surface area contributed by atoms with Gasteiger partial charge < -0.3 is 15.2 Å². The van der Waals surface area contributed by atoms with E-state index in [9.17, 15) is 31.9 Å². The van der Waals surface area contributed by atoms with Crippen molar-refractivity contribution >= 4 is 23.4 Å². The van der Waals surface area contributed by atoms with Crippen LogP contribution in [0.15, 0.2) is 71.2 Å². The zero-order chi connectivity index (χ0) is 28.5. The quantitative estimate of drug-likeness (QED) is 0.310. The topological polar surface area (TPSA) is 98.9 Å². The maximum Gasteiger partial charge on any atom is 0.416 e. The Kier molecular flexibility index (Phi) is 7.80. The van der Waals surface area contributed by atoms with Crippen LogP contribution >= 0.6 is 0 Å². The molecule has 0 fully saturated rings. The normalized spacial score (nSPS) is 19.6. The summed E-state index contributed by atoms with van der Waals surface area (Å²) in [6, 6.07) is 9.34. The Morgan fingerprint density at radius 2 is 1.72 bits per heavy atom. The van der Waals surface area contributed by atoms with Crippen molar-refractivity contribution in [2.75, 3.05) is 18.1 Å². The van der Waals surface area contributed by atoms with Crippen molar-refractivity contribution in [2.24, 2.45) is 11.7 Å². The Hall–Kier alpha value is -4.15. The van der Waals surface area contributed by atoms with Crippen molar-refractivity contribution in [3.8, 4) is 0 Å². The number of Topliss-reactive ketones (excluding diaryl/α,β-unsaturated/α-hetero) is 1. The van der Waals surface area contributed by atoms with Gasteiger partial charge in [0.05, 0.1) is 30.3 Å². The molecular formula is C28H26F4N2O5. The molecule has 0 radical (unpaired) electrons. The first-order chi connectivity index (χ1) is 18.5. The van der Waals surface area contributed by atoms with Crippen LogP contribution in [0.2, 0.25) is 0 Å². The van der Waals surface area contributed by atoms with Crippen LogP contribution < -0.4 is 10.6 Å². The molecule has 7 nitrogen and oxygen atoms in total. The summed E-state index contributed by atoms with van der Waals surface area (Å²) in [6.07, 6.45) is -4.58. The lowest BCUT2D eigenvalue weighted by molar-refractivity contribution is -0.151. The zero-order valence-electron chi connectivity index (χ0n) is 21.2. The van der Waals surface area contributed by atoms with Gasteiger partial charge in [-0.05, 0) is 62.6 Å². The van der Waals surface area contributed by atoms with Crippen molar-refractivity contribution < 1.29 is 41.4 Å². The standard InChI is InChI=1S/C28H26F4N2O5/c1-3-38-26(36)19-12-13-20-22(24(19)35)21(15-8-10-17(29)11-9-15)23(27(37)39-4-2)25(33)34(20)18-7-5-6-16(14-18)28(30,31)32/h5-11,14,19,21H,3-4,12-13,33H2,1-2H3. The second kappa shape index (κ2) is 10.9. The lowest BCUT2D eigenvalue weighted by atomic mass is 9.72. The molecule has 1 aliphatic carbocycles. The van der Waals surface area contributed by atoms with E-state index >= 15 is 0 Å². The molecule has 4 rings (SSSR count). The number of esters is 2. The molecule has 206 valence electrons. The number of rotatable bonds is 6. The molecule has 2 N–H and O–H groups in total. The van der Waals surface area contributed by atoms with Gasteiger partial charge in [0.1, 0.15) is 17.6 Å². The number of ketones is 1. The number of carbonyl (C=O) groups is 3. The Morgan fingerprint density at radius 3 is 2.33 bits per heavy atom. The molecule has 1 heterocycles. The Balaban J connectivity index is 2.00. The summed E-state index contributed by atoms with van der Waals surface area (Å²) >= 11 is 0. The van der Waals surface area contributed by atoms with Crippen molar-refractivity contribution in [3.05, 3.63) is 88.1 Å². The number of benzene rings is 2. The molecule has 0 saturated carbocycles. The third kappa shape index (κ3) is 5.25. The van der Waals surface area contributed by atoms with E-state index in [1.807, 2.05) is 0 Å². The number of ether oxygens (including phenoxy) is 2. The average Bonchev–Trinajstić information content (AvgIpc) is 2.88. The summed E-state index contributed by atoms with van der Waals surface area (Å²) in [5, 5.41) is 0. The minimum Gasteiger partial charge on any atom is -0.465 e. The van der Waals surface area contributed by atoms with Crippen molar-refractivity contribution in [2.45, 2.75) is 38.8 Å². The first-order valence-corrected chi connectivity index (χ1v) is 12.3. The van der Waals surface area contributed by atoms with E-state index < -0.39 is 47.1 Å².